The minimum Gasteiger partial charge on any atom is -0.439 e. The number of fused-ring (bicyclic) bond motifs is 2. The molecule has 5 heterocycles. The van der Waals surface area contributed by atoms with Gasteiger partial charge in [-0.15, -0.1) is 0 Å². The smallest absolute Gasteiger partial charge is 0.297 e. The van der Waals surface area contributed by atoms with Gasteiger partial charge in [-0.1, -0.05) is 44.2 Å². The van der Waals surface area contributed by atoms with Crippen LogP contribution in [0.5, 0.6) is 0 Å². The molecule has 5 aromatic rings. The van der Waals surface area contributed by atoms with Gasteiger partial charge in [-0.25, -0.2) is 23.7 Å². The van der Waals surface area contributed by atoms with Gasteiger partial charge in [0.15, 0.2) is 17.2 Å². The van der Waals surface area contributed by atoms with Crippen molar-refractivity contribution in [1.29, 1.82) is 5.26 Å². The lowest BCUT2D eigenvalue weighted by Gasteiger charge is -2.35. The minimum absolute atomic E-state index is 0.0414. The average molecular weight is 788 g/mol. The first-order valence-corrected chi connectivity index (χ1v) is 19.7. The third-order valence-electron chi connectivity index (χ3n) is 11.7. The van der Waals surface area contributed by atoms with E-state index in [4.69, 9.17) is 9.40 Å². The van der Waals surface area contributed by atoms with E-state index in [1.807, 2.05) is 42.5 Å². The first-order valence-electron chi connectivity index (χ1n) is 19.7. The summed E-state index contributed by atoms with van der Waals surface area (Å²) in [6.45, 7) is 8.34. The van der Waals surface area contributed by atoms with Crippen LogP contribution < -0.4 is 5.32 Å². The molecule has 2 aliphatic heterocycles. The highest BCUT2D eigenvalue weighted by Crippen LogP contribution is 2.49. The number of carbonyl (C=O) groups is 1. The molecule has 2 fully saturated rings. The number of rotatable bonds is 10. The molecule has 300 valence electrons. The third kappa shape index (κ3) is 7.94. The topological polar surface area (TPSA) is 148 Å². The predicted octanol–water partition coefficient (Wildman–Crippen LogP) is 7.35. The van der Waals surface area contributed by atoms with Crippen molar-refractivity contribution in [1.82, 2.24) is 34.6 Å². The number of benzene rings is 2. The maximum absolute atomic E-state index is 14.1. The lowest BCUT2D eigenvalue weighted by Crippen LogP contribution is -2.39. The number of nitriles is 1. The number of nitrogens with zero attached hydrogens (tertiary/aromatic N) is 8. The van der Waals surface area contributed by atoms with Crippen molar-refractivity contribution in [2.24, 2.45) is 11.3 Å². The number of nitrogens with one attached hydrogen (secondary N) is 1. The second-order valence-electron chi connectivity index (χ2n) is 16.4. The summed E-state index contributed by atoms with van der Waals surface area (Å²) in [6, 6.07) is 15.7. The quantitative estimate of drug-likeness (QED) is 0.146. The molecule has 2 aromatic carbocycles. The number of alkyl halides is 2. The number of aliphatic hydroxyl groups excluding tert-OH is 1. The molecule has 3 aliphatic rings. The second-order valence-corrected chi connectivity index (χ2v) is 16.4. The summed E-state index contributed by atoms with van der Waals surface area (Å²) >= 11 is 0. The SMILES string of the molecule is CN(C)C(=O)C1CCN(Cc2cc(C#N)c3oc([C@@H]4C=CC=C(c5cccc(Nc6nc(C(F)F)nc7cc(CN8CCC(O)C8)cnc67)c5)C4(C)C)nc3c2)CC1. The van der Waals surface area contributed by atoms with Crippen LogP contribution in [-0.2, 0) is 17.9 Å². The van der Waals surface area contributed by atoms with Gasteiger partial charge in [-0.05, 0) is 84.9 Å². The minimum atomic E-state index is -2.88. The largest absolute Gasteiger partial charge is 0.439 e. The number of β-amino-alcohol motifs (C(OH)–C–C–N with tert-alkyl or cyclic N) is 1. The Morgan fingerprint density at radius 3 is 2.52 bits per heavy atom. The summed E-state index contributed by atoms with van der Waals surface area (Å²) in [5, 5.41) is 23.3. The highest BCUT2D eigenvalue weighted by molar-refractivity contribution is 5.88. The van der Waals surface area contributed by atoms with Crippen molar-refractivity contribution in [3.63, 3.8) is 0 Å². The number of hydrogen-bond donors (Lipinski definition) is 2. The van der Waals surface area contributed by atoms with Crippen LogP contribution in [0.3, 0.4) is 0 Å². The summed E-state index contributed by atoms with van der Waals surface area (Å²) in [7, 11) is 3.60. The first-order chi connectivity index (χ1) is 27.9. The lowest BCUT2D eigenvalue weighted by molar-refractivity contribution is -0.134. The van der Waals surface area contributed by atoms with Crippen LogP contribution in [0.15, 0.2) is 71.3 Å². The van der Waals surface area contributed by atoms with Crippen molar-refractivity contribution < 1.29 is 23.1 Å². The van der Waals surface area contributed by atoms with Crippen LogP contribution in [0.4, 0.5) is 20.3 Å². The number of carbonyl (C=O) groups excluding carboxylic acids is 1. The zero-order valence-corrected chi connectivity index (χ0v) is 33.1. The molecule has 2 atom stereocenters. The molecular weight excluding hydrogens is 741 g/mol. The molecule has 8 rings (SSSR count). The highest BCUT2D eigenvalue weighted by Gasteiger charge is 2.38. The number of amides is 1. The van der Waals surface area contributed by atoms with Crippen molar-refractivity contribution in [3.05, 3.63) is 101 Å². The van der Waals surface area contributed by atoms with Crippen molar-refractivity contribution >= 4 is 45.1 Å². The summed E-state index contributed by atoms with van der Waals surface area (Å²) in [5.74, 6) is 0.0502. The number of aromatic nitrogens is 4. The standard InChI is InChI=1S/C44H47F2N9O3/c1-44(2)33(9-6-10-34(44)42-51-36-18-26(17-30(21-47)38(36)58-42)23-54-14-11-28(12-15-54)43(57)53(3)4)29-7-5-8-31(20-29)49-40-37-35(50-41(52-40)39(45)46)19-27(22-48-37)24-55-16-13-32(56)25-55/h5-10,17-20,22,28,32,34,39,56H,11-16,23-25H2,1-4H3,(H,49,50,52)/t32?,34-/m0/s1. The van der Waals surface area contributed by atoms with Gasteiger partial charge in [-0.2, -0.15) is 5.26 Å². The number of halogens is 2. The number of pyridine rings is 1. The third-order valence-corrected chi connectivity index (χ3v) is 11.7. The number of likely N-dealkylation sites (tertiary alicyclic amines) is 2. The lowest BCUT2D eigenvalue weighted by atomic mass is 9.68. The second kappa shape index (κ2) is 16.0. The van der Waals surface area contributed by atoms with Crippen LogP contribution in [0.2, 0.25) is 0 Å². The van der Waals surface area contributed by atoms with Crippen LogP contribution >= 0.6 is 0 Å². The van der Waals surface area contributed by atoms with Gasteiger partial charge in [0.25, 0.3) is 6.43 Å². The monoisotopic (exact) mass is 787 g/mol. The van der Waals surface area contributed by atoms with Crippen molar-refractivity contribution in [2.45, 2.75) is 64.6 Å². The fraction of sp³-hybridized carbons (Fsp3) is 0.409. The molecule has 14 heteroatoms. The average Bonchev–Trinajstić information content (AvgIpc) is 3.82. The van der Waals surface area contributed by atoms with Crippen molar-refractivity contribution in [2.75, 3.05) is 45.6 Å². The Balaban J connectivity index is 1.02. The molecular formula is C44H47F2N9O3. The van der Waals surface area contributed by atoms with Gasteiger partial charge in [0.2, 0.25) is 11.8 Å². The first kappa shape index (κ1) is 39.2. The number of oxazole rings is 1. The molecule has 2 N–H and O–H groups in total. The Kier molecular flexibility index (Phi) is 10.8. The Labute approximate surface area is 335 Å². The van der Waals surface area contributed by atoms with Crippen LogP contribution in [0, 0.1) is 22.7 Å². The number of aliphatic hydroxyl groups is 1. The maximum Gasteiger partial charge on any atom is 0.297 e. The van der Waals surface area contributed by atoms with E-state index in [0.717, 1.165) is 54.7 Å². The van der Waals surface area contributed by atoms with Crippen LogP contribution in [0.25, 0.3) is 27.7 Å². The summed E-state index contributed by atoms with van der Waals surface area (Å²) in [4.78, 5) is 36.5. The Bertz CT molecular complexity index is 2460. The summed E-state index contributed by atoms with van der Waals surface area (Å²) in [6.07, 6.45) is 6.87. The normalized spacial score (nSPS) is 20.2. The van der Waals surface area contributed by atoms with Gasteiger partial charge in [0, 0.05) is 63.5 Å². The van der Waals surface area contributed by atoms with E-state index in [1.54, 1.807) is 31.3 Å². The molecule has 0 bridgehead atoms. The van der Waals surface area contributed by atoms with Crippen LogP contribution in [0.1, 0.15) is 79.4 Å². The van der Waals surface area contributed by atoms with Gasteiger partial charge in [0.1, 0.15) is 17.1 Å². The molecule has 58 heavy (non-hydrogen) atoms. The number of piperidine rings is 1. The predicted molar refractivity (Wildman–Crippen MR) is 217 cm³/mol. The van der Waals surface area contributed by atoms with E-state index < -0.39 is 17.7 Å². The highest BCUT2D eigenvalue weighted by atomic mass is 19.3. The van der Waals surface area contributed by atoms with Crippen molar-refractivity contribution in [3.8, 4) is 6.07 Å². The summed E-state index contributed by atoms with van der Waals surface area (Å²) < 4.78 is 34.5. The number of hydrogen-bond acceptors (Lipinski definition) is 11. The van der Waals surface area contributed by atoms with E-state index in [9.17, 15) is 23.9 Å². The van der Waals surface area contributed by atoms with Gasteiger partial charge < -0.3 is 19.7 Å². The van der Waals surface area contributed by atoms with Gasteiger partial charge in [0.05, 0.1) is 23.1 Å². The molecule has 0 radical (unpaired) electrons. The molecule has 0 spiro atoms. The fourth-order valence-corrected chi connectivity index (χ4v) is 8.59. The van der Waals surface area contributed by atoms with Gasteiger partial charge in [-0.3, -0.25) is 19.6 Å². The molecule has 1 aliphatic carbocycles. The Morgan fingerprint density at radius 1 is 1.03 bits per heavy atom. The molecule has 0 saturated carbocycles. The molecule has 1 amide bonds. The van der Waals surface area contributed by atoms with Gasteiger partial charge >= 0.3 is 0 Å². The van der Waals surface area contributed by atoms with E-state index in [0.29, 0.717) is 65.3 Å². The van der Waals surface area contributed by atoms with Crippen LogP contribution in [-0.4, -0.2) is 92.0 Å². The zero-order chi connectivity index (χ0) is 40.7. The molecule has 12 nitrogen and oxygen atoms in total. The number of anilines is 2. The summed E-state index contributed by atoms with van der Waals surface area (Å²) in [5.41, 5.74) is 6.04. The Hall–Kier alpha value is -5.62. The maximum atomic E-state index is 14.1. The van der Waals surface area contributed by atoms with E-state index >= 15 is 0 Å². The van der Waals surface area contributed by atoms with E-state index in [2.05, 4.69) is 62.1 Å². The zero-order valence-electron chi connectivity index (χ0n) is 33.1. The fourth-order valence-electron chi connectivity index (χ4n) is 8.59. The van der Waals surface area contributed by atoms with E-state index in [-0.39, 0.29) is 29.7 Å². The number of allylic oxidation sites excluding steroid dienone is 4. The van der Waals surface area contributed by atoms with E-state index in [1.165, 1.54) is 0 Å². The molecule has 1 unspecified atom stereocenters. The molecule has 2 saturated heterocycles. The molecule has 3 aromatic heterocycles. The Morgan fingerprint density at radius 2 is 1.79 bits per heavy atom.